The first-order chi connectivity index (χ1) is 5.88. The second-order valence-electron chi connectivity index (χ2n) is 3.27. The third-order valence-corrected chi connectivity index (χ3v) is 2.50. The molecule has 1 aliphatic heterocycles. The van der Waals surface area contributed by atoms with Gasteiger partial charge in [-0.05, 0) is 18.9 Å². The molecule has 1 aliphatic rings. The third kappa shape index (κ3) is 1.37. The van der Waals surface area contributed by atoms with Crippen LogP contribution < -0.4 is 0 Å². The van der Waals surface area contributed by atoms with Crippen molar-refractivity contribution in [2.45, 2.75) is 18.8 Å². The zero-order valence-electron chi connectivity index (χ0n) is 7.36. The minimum Gasteiger partial charge on any atom is -0.381 e. The molecule has 0 atom stereocenters. The normalized spacial score (nSPS) is 19.8. The van der Waals surface area contributed by atoms with E-state index < -0.39 is 0 Å². The lowest BCUT2D eigenvalue weighted by atomic mass is 9.97. The number of aryl methyl sites for hydroxylation is 1. The zero-order valence-corrected chi connectivity index (χ0v) is 7.36. The van der Waals surface area contributed by atoms with Crippen LogP contribution in [-0.2, 0) is 11.8 Å². The summed E-state index contributed by atoms with van der Waals surface area (Å²) in [6.45, 7) is 1.80. The highest BCUT2D eigenvalue weighted by molar-refractivity contribution is 5.07. The molecule has 2 rings (SSSR count). The van der Waals surface area contributed by atoms with Crippen LogP contribution in [0.25, 0.3) is 0 Å². The van der Waals surface area contributed by atoms with Gasteiger partial charge in [-0.2, -0.15) is 5.10 Å². The Kier molecular flexibility index (Phi) is 2.13. The molecule has 0 saturated carbocycles. The standard InChI is InChI=1S/C9H14N2O/c1-11-9(2-5-10-11)8-3-6-12-7-4-8/h2,5,8H,3-4,6-7H2,1H3. The summed E-state index contributed by atoms with van der Waals surface area (Å²) >= 11 is 0. The van der Waals surface area contributed by atoms with Crippen molar-refractivity contribution in [3.05, 3.63) is 18.0 Å². The second-order valence-corrected chi connectivity index (χ2v) is 3.27. The lowest BCUT2D eigenvalue weighted by Gasteiger charge is -2.21. The van der Waals surface area contributed by atoms with Crippen molar-refractivity contribution in [2.75, 3.05) is 13.2 Å². The Morgan fingerprint density at radius 3 is 2.83 bits per heavy atom. The molecular formula is C9H14N2O. The molecule has 0 amide bonds. The van der Waals surface area contributed by atoms with Gasteiger partial charge in [0.1, 0.15) is 0 Å². The minimum absolute atomic E-state index is 0.659. The predicted octanol–water partition coefficient (Wildman–Crippen LogP) is 1.31. The maximum Gasteiger partial charge on any atom is 0.0492 e. The van der Waals surface area contributed by atoms with Crippen LogP contribution in [0.2, 0.25) is 0 Å². The molecule has 0 aromatic carbocycles. The average Bonchev–Trinajstić information content (AvgIpc) is 2.53. The molecule has 3 heteroatoms. The molecule has 0 unspecified atom stereocenters. The molecule has 0 spiro atoms. The van der Waals surface area contributed by atoms with Crippen LogP contribution in [0.4, 0.5) is 0 Å². The lowest BCUT2D eigenvalue weighted by Crippen LogP contribution is -2.16. The van der Waals surface area contributed by atoms with Crippen LogP contribution >= 0.6 is 0 Å². The SMILES string of the molecule is Cn1nccc1C1CCOCC1. The average molecular weight is 166 g/mol. The van der Waals surface area contributed by atoms with Crippen molar-refractivity contribution >= 4 is 0 Å². The van der Waals surface area contributed by atoms with Crippen LogP contribution in [0.1, 0.15) is 24.5 Å². The Morgan fingerprint density at radius 2 is 2.25 bits per heavy atom. The molecule has 1 aromatic heterocycles. The van der Waals surface area contributed by atoms with Crippen LogP contribution in [0, 0.1) is 0 Å². The van der Waals surface area contributed by atoms with Gasteiger partial charge in [0.2, 0.25) is 0 Å². The van der Waals surface area contributed by atoms with Gasteiger partial charge in [-0.25, -0.2) is 0 Å². The van der Waals surface area contributed by atoms with Crippen LogP contribution in [-0.4, -0.2) is 23.0 Å². The van der Waals surface area contributed by atoms with Crippen molar-refractivity contribution in [3.8, 4) is 0 Å². The lowest BCUT2D eigenvalue weighted by molar-refractivity contribution is 0.0837. The van der Waals surface area contributed by atoms with E-state index in [4.69, 9.17) is 4.74 Å². The summed E-state index contributed by atoms with van der Waals surface area (Å²) in [6, 6.07) is 2.11. The van der Waals surface area contributed by atoms with Crippen LogP contribution in [0.5, 0.6) is 0 Å². The monoisotopic (exact) mass is 166 g/mol. The highest BCUT2D eigenvalue weighted by Crippen LogP contribution is 2.25. The number of hydrogen-bond donors (Lipinski definition) is 0. The molecule has 2 heterocycles. The van der Waals surface area contributed by atoms with E-state index in [9.17, 15) is 0 Å². The highest BCUT2D eigenvalue weighted by Gasteiger charge is 2.17. The molecule has 0 aliphatic carbocycles. The number of ether oxygens (including phenoxy) is 1. The number of aromatic nitrogens is 2. The molecule has 1 aromatic rings. The van der Waals surface area contributed by atoms with E-state index >= 15 is 0 Å². The summed E-state index contributed by atoms with van der Waals surface area (Å²) < 4.78 is 7.28. The Labute approximate surface area is 72.3 Å². The molecule has 0 radical (unpaired) electrons. The Balaban J connectivity index is 2.13. The molecule has 1 fully saturated rings. The van der Waals surface area contributed by atoms with E-state index in [0.29, 0.717) is 5.92 Å². The van der Waals surface area contributed by atoms with Crippen molar-refractivity contribution < 1.29 is 4.74 Å². The number of hydrogen-bond acceptors (Lipinski definition) is 2. The Hall–Kier alpha value is -0.830. The second kappa shape index (κ2) is 3.27. The van der Waals surface area contributed by atoms with Gasteiger partial charge in [0.25, 0.3) is 0 Å². The van der Waals surface area contributed by atoms with Gasteiger partial charge in [0, 0.05) is 38.1 Å². The maximum atomic E-state index is 5.31. The fraction of sp³-hybridized carbons (Fsp3) is 0.667. The van der Waals surface area contributed by atoms with Gasteiger partial charge in [0.15, 0.2) is 0 Å². The van der Waals surface area contributed by atoms with E-state index in [1.165, 1.54) is 5.69 Å². The van der Waals surface area contributed by atoms with E-state index in [2.05, 4.69) is 11.2 Å². The van der Waals surface area contributed by atoms with E-state index in [0.717, 1.165) is 26.1 Å². The Bertz CT molecular complexity index is 251. The first-order valence-electron chi connectivity index (χ1n) is 4.43. The number of nitrogens with zero attached hydrogens (tertiary/aromatic N) is 2. The molecule has 0 bridgehead atoms. The van der Waals surface area contributed by atoms with Gasteiger partial charge in [-0.1, -0.05) is 0 Å². The molecule has 1 saturated heterocycles. The molecular weight excluding hydrogens is 152 g/mol. The van der Waals surface area contributed by atoms with Crippen LogP contribution in [0.15, 0.2) is 12.3 Å². The largest absolute Gasteiger partial charge is 0.381 e. The summed E-state index contributed by atoms with van der Waals surface area (Å²) in [5.74, 6) is 0.659. The summed E-state index contributed by atoms with van der Waals surface area (Å²) in [6.07, 6.45) is 4.14. The topological polar surface area (TPSA) is 27.1 Å². The van der Waals surface area contributed by atoms with Gasteiger partial charge in [-0.15, -0.1) is 0 Å². The quantitative estimate of drug-likeness (QED) is 0.629. The number of rotatable bonds is 1. The van der Waals surface area contributed by atoms with Crippen molar-refractivity contribution in [1.82, 2.24) is 9.78 Å². The fourth-order valence-electron chi connectivity index (χ4n) is 1.78. The molecule has 3 nitrogen and oxygen atoms in total. The highest BCUT2D eigenvalue weighted by atomic mass is 16.5. The first-order valence-corrected chi connectivity index (χ1v) is 4.43. The van der Waals surface area contributed by atoms with Crippen LogP contribution in [0.3, 0.4) is 0 Å². The first kappa shape index (κ1) is 7.80. The fourth-order valence-corrected chi connectivity index (χ4v) is 1.78. The summed E-state index contributed by atoms with van der Waals surface area (Å²) in [4.78, 5) is 0. The summed E-state index contributed by atoms with van der Waals surface area (Å²) in [5, 5.41) is 4.17. The van der Waals surface area contributed by atoms with Gasteiger partial charge < -0.3 is 4.74 Å². The van der Waals surface area contributed by atoms with Gasteiger partial charge >= 0.3 is 0 Å². The predicted molar refractivity (Wildman–Crippen MR) is 46.0 cm³/mol. The van der Waals surface area contributed by atoms with E-state index in [1.54, 1.807) is 0 Å². The van der Waals surface area contributed by atoms with Gasteiger partial charge in [0.05, 0.1) is 0 Å². The Morgan fingerprint density at radius 1 is 1.50 bits per heavy atom. The smallest absolute Gasteiger partial charge is 0.0492 e. The van der Waals surface area contributed by atoms with Crippen molar-refractivity contribution in [1.29, 1.82) is 0 Å². The maximum absolute atomic E-state index is 5.31. The zero-order chi connectivity index (χ0) is 8.39. The van der Waals surface area contributed by atoms with E-state index in [1.807, 2.05) is 17.9 Å². The van der Waals surface area contributed by atoms with Crippen molar-refractivity contribution in [3.63, 3.8) is 0 Å². The summed E-state index contributed by atoms with van der Waals surface area (Å²) in [5.41, 5.74) is 1.35. The van der Waals surface area contributed by atoms with Crippen molar-refractivity contribution in [2.24, 2.45) is 7.05 Å². The molecule has 12 heavy (non-hydrogen) atoms. The molecule has 0 N–H and O–H groups in total. The minimum atomic E-state index is 0.659. The molecule has 66 valence electrons. The van der Waals surface area contributed by atoms with Gasteiger partial charge in [-0.3, -0.25) is 4.68 Å². The summed E-state index contributed by atoms with van der Waals surface area (Å²) in [7, 11) is 2.00. The van der Waals surface area contributed by atoms with E-state index in [-0.39, 0.29) is 0 Å². The third-order valence-electron chi connectivity index (χ3n) is 2.50.